The van der Waals surface area contributed by atoms with Gasteiger partial charge in [0.2, 0.25) is 5.13 Å². The highest BCUT2D eigenvalue weighted by atomic mass is 32.2. The van der Waals surface area contributed by atoms with Crippen LogP contribution in [-0.4, -0.2) is 28.1 Å². The number of nitrogens with zero attached hydrogens (tertiary/aromatic N) is 2. The minimum absolute atomic E-state index is 0.465. The average molecular weight is 351 g/mol. The smallest absolute Gasteiger partial charge is 0.414 e. The summed E-state index contributed by atoms with van der Waals surface area (Å²) in [7, 11) is 0. The fraction of sp³-hybridized carbons (Fsp3) is 0.438. The van der Waals surface area contributed by atoms with E-state index in [4.69, 9.17) is 4.74 Å². The Balaban J connectivity index is 1.85. The molecule has 0 aliphatic carbocycles. The Labute approximate surface area is 144 Å². The van der Waals surface area contributed by atoms with Crippen LogP contribution in [0, 0.1) is 0 Å². The Bertz CT molecular complexity index is 648. The first-order valence-electron chi connectivity index (χ1n) is 7.31. The Kier molecular flexibility index (Phi) is 6.01. The van der Waals surface area contributed by atoms with Crippen LogP contribution in [0.3, 0.4) is 0 Å². The maximum atomic E-state index is 11.7. The third kappa shape index (κ3) is 6.19. The molecular weight excluding hydrogens is 330 g/mol. The number of benzene rings is 1. The van der Waals surface area contributed by atoms with Crippen LogP contribution in [-0.2, 0) is 17.6 Å². The number of aryl methyl sites for hydroxylation is 2. The van der Waals surface area contributed by atoms with Crippen molar-refractivity contribution in [2.24, 2.45) is 0 Å². The maximum absolute atomic E-state index is 11.7. The topological polar surface area (TPSA) is 64.1 Å². The highest BCUT2D eigenvalue weighted by Gasteiger charge is 2.17. The number of thioether (sulfide) groups is 1. The van der Waals surface area contributed by atoms with Crippen LogP contribution in [0.5, 0.6) is 0 Å². The lowest BCUT2D eigenvalue weighted by Gasteiger charge is -2.18. The number of hydrogen-bond donors (Lipinski definition) is 1. The van der Waals surface area contributed by atoms with Gasteiger partial charge in [0.25, 0.3) is 0 Å². The number of hydrogen-bond acceptors (Lipinski definition) is 6. The van der Waals surface area contributed by atoms with E-state index in [2.05, 4.69) is 46.0 Å². The molecule has 0 saturated heterocycles. The molecule has 0 aliphatic heterocycles. The first kappa shape index (κ1) is 17.7. The molecule has 0 fully saturated rings. The second-order valence-electron chi connectivity index (χ2n) is 5.98. The van der Waals surface area contributed by atoms with Crippen LogP contribution in [0.2, 0.25) is 0 Å². The SMILES string of the molecule is CSc1ccc(CCc2nnc(NC(=O)OC(C)(C)C)s2)cc1. The third-order valence-corrected chi connectivity index (χ3v) is 4.50. The van der Waals surface area contributed by atoms with Crippen molar-refractivity contribution in [2.45, 2.75) is 44.1 Å². The van der Waals surface area contributed by atoms with Crippen molar-refractivity contribution >= 4 is 34.3 Å². The molecular formula is C16H21N3O2S2. The molecule has 0 unspecified atom stereocenters. The molecule has 5 nitrogen and oxygen atoms in total. The van der Waals surface area contributed by atoms with Gasteiger partial charge in [-0.05, 0) is 51.1 Å². The highest BCUT2D eigenvalue weighted by Crippen LogP contribution is 2.20. The van der Waals surface area contributed by atoms with Gasteiger partial charge in [-0.15, -0.1) is 22.0 Å². The monoisotopic (exact) mass is 351 g/mol. The number of nitrogens with one attached hydrogen (secondary N) is 1. The summed E-state index contributed by atoms with van der Waals surface area (Å²) in [4.78, 5) is 12.9. The lowest BCUT2D eigenvalue weighted by molar-refractivity contribution is 0.0636. The second-order valence-corrected chi connectivity index (χ2v) is 7.92. The average Bonchev–Trinajstić information content (AvgIpc) is 2.91. The van der Waals surface area contributed by atoms with Crippen molar-refractivity contribution in [3.05, 3.63) is 34.8 Å². The van der Waals surface area contributed by atoms with E-state index < -0.39 is 11.7 Å². The predicted molar refractivity (Wildman–Crippen MR) is 95.4 cm³/mol. The Hall–Kier alpha value is -1.60. The number of aromatic nitrogens is 2. The van der Waals surface area contributed by atoms with Crippen molar-refractivity contribution in [1.82, 2.24) is 10.2 Å². The molecule has 2 aromatic rings. The van der Waals surface area contributed by atoms with E-state index in [0.29, 0.717) is 5.13 Å². The van der Waals surface area contributed by atoms with Gasteiger partial charge in [0.05, 0.1) is 0 Å². The summed E-state index contributed by atoms with van der Waals surface area (Å²) in [6.45, 7) is 5.46. The van der Waals surface area contributed by atoms with E-state index in [1.54, 1.807) is 11.8 Å². The van der Waals surface area contributed by atoms with Crippen LogP contribution in [0.15, 0.2) is 29.2 Å². The maximum Gasteiger partial charge on any atom is 0.414 e. The largest absolute Gasteiger partial charge is 0.444 e. The van der Waals surface area contributed by atoms with Crippen molar-refractivity contribution in [3.63, 3.8) is 0 Å². The zero-order valence-corrected chi connectivity index (χ0v) is 15.4. The molecule has 1 N–H and O–H groups in total. The number of anilines is 1. The minimum Gasteiger partial charge on any atom is -0.444 e. The van der Waals surface area contributed by atoms with E-state index in [1.807, 2.05) is 20.8 Å². The summed E-state index contributed by atoms with van der Waals surface area (Å²) in [6, 6.07) is 8.50. The number of carbonyl (C=O) groups is 1. The van der Waals surface area contributed by atoms with Crippen LogP contribution in [0.25, 0.3) is 0 Å². The Morgan fingerprint density at radius 1 is 1.22 bits per heavy atom. The zero-order chi connectivity index (χ0) is 16.9. The van der Waals surface area contributed by atoms with Crippen molar-refractivity contribution in [1.29, 1.82) is 0 Å². The van der Waals surface area contributed by atoms with Gasteiger partial charge in [0, 0.05) is 11.3 Å². The number of carbonyl (C=O) groups excluding carboxylic acids is 1. The van der Waals surface area contributed by atoms with Gasteiger partial charge in [0.1, 0.15) is 10.6 Å². The van der Waals surface area contributed by atoms with Crippen LogP contribution >= 0.6 is 23.1 Å². The summed E-state index contributed by atoms with van der Waals surface area (Å²) >= 11 is 3.11. The van der Waals surface area contributed by atoms with Crippen molar-refractivity contribution in [3.8, 4) is 0 Å². The highest BCUT2D eigenvalue weighted by molar-refractivity contribution is 7.98. The van der Waals surface area contributed by atoms with E-state index >= 15 is 0 Å². The van der Waals surface area contributed by atoms with Gasteiger partial charge < -0.3 is 4.74 Å². The molecule has 0 atom stereocenters. The van der Waals surface area contributed by atoms with Crippen LogP contribution in [0.4, 0.5) is 9.93 Å². The molecule has 1 heterocycles. The van der Waals surface area contributed by atoms with Gasteiger partial charge in [0.15, 0.2) is 0 Å². The lowest BCUT2D eigenvalue weighted by atomic mass is 10.1. The fourth-order valence-corrected chi connectivity index (χ4v) is 2.97. The second kappa shape index (κ2) is 7.79. The van der Waals surface area contributed by atoms with Crippen molar-refractivity contribution < 1.29 is 9.53 Å². The molecule has 1 aromatic carbocycles. The quantitative estimate of drug-likeness (QED) is 0.809. The van der Waals surface area contributed by atoms with Crippen LogP contribution in [0.1, 0.15) is 31.3 Å². The standard InChI is InChI=1S/C16H21N3O2S2/c1-16(2,3)21-15(20)17-14-19-18-13(23-14)10-7-11-5-8-12(22-4)9-6-11/h5-6,8-9H,7,10H2,1-4H3,(H,17,19,20). The van der Waals surface area contributed by atoms with Crippen LogP contribution < -0.4 is 5.32 Å². The molecule has 0 spiro atoms. The Morgan fingerprint density at radius 3 is 2.52 bits per heavy atom. The Morgan fingerprint density at radius 2 is 1.91 bits per heavy atom. The zero-order valence-electron chi connectivity index (χ0n) is 13.8. The molecule has 23 heavy (non-hydrogen) atoms. The molecule has 124 valence electrons. The van der Waals surface area contributed by atoms with E-state index in [-0.39, 0.29) is 0 Å². The molecule has 0 saturated carbocycles. The lowest BCUT2D eigenvalue weighted by Crippen LogP contribution is -2.27. The molecule has 0 bridgehead atoms. The van der Waals surface area contributed by atoms with E-state index in [9.17, 15) is 4.79 Å². The van der Waals surface area contributed by atoms with Crippen molar-refractivity contribution in [2.75, 3.05) is 11.6 Å². The van der Waals surface area contributed by atoms with Gasteiger partial charge in [-0.25, -0.2) is 4.79 Å². The summed E-state index contributed by atoms with van der Waals surface area (Å²) in [5, 5.41) is 12.1. The number of rotatable bonds is 5. The first-order chi connectivity index (χ1) is 10.9. The summed E-state index contributed by atoms with van der Waals surface area (Å²) < 4.78 is 5.19. The van der Waals surface area contributed by atoms with E-state index in [1.165, 1.54) is 21.8 Å². The minimum atomic E-state index is -0.527. The molecule has 2 rings (SSSR count). The molecule has 0 radical (unpaired) electrons. The number of amides is 1. The third-order valence-electron chi connectivity index (χ3n) is 2.86. The van der Waals surface area contributed by atoms with Gasteiger partial charge >= 0.3 is 6.09 Å². The summed E-state index contributed by atoms with van der Waals surface area (Å²) in [5.41, 5.74) is 0.736. The normalized spacial score (nSPS) is 11.3. The summed E-state index contributed by atoms with van der Waals surface area (Å²) in [6.07, 6.45) is 3.25. The number of ether oxygens (including phenoxy) is 1. The molecule has 1 amide bonds. The predicted octanol–water partition coefficient (Wildman–Crippen LogP) is 4.39. The van der Waals surface area contributed by atoms with Gasteiger partial charge in [-0.1, -0.05) is 23.5 Å². The molecule has 0 aliphatic rings. The van der Waals surface area contributed by atoms with E-state index in [0.717, 1.165) is 17.8 Å². The first-order valence-corrected chi connectivity index (χ1v) is 9.35. The van der Waals surface area contributed by atoms with Gasteiger partial charge in [-0.2, -0.15) is 0 Å². The fourth-order valence-electron chi connectivity index (χ4n) is 1.84. The van der Waals surface area contributed by atoms with Gasteiger partial charge in [-0.3, -0.25) is 5.32 Å². The molecule has 1 aromatic heterocycles. The summed E-state index contributed by atoms with van der Waals surface area (Å²) in [5.74, 6) is 0. The molecule has 7 heteroatoms.